The van der Waals surface area contributed by atoms with Crippen molar-refractivity contribution in [1.82, 2.24) is 4.90 Å². The van der Waals surface area contributed by atoms with Crippen LogP contribution < -0.4 is 0 Å². The van der Waals surface area contributed by atoms with Crippen LogP contribution in [0.25, 0.3) is 0 Å². The second-order valence-corrected chi connectivity index (χ2v) is 6.32. The third-order valence-corrected chi connectivity index (χ3v) is 4.60. The normalized spacial score (nSPS) is 15.0. The molecule has 1 atom stereocenters. The summed E-state index contributed by atoms with van der Waals surface area (Å²) in [5.74, 6) is 0. The first kappa shape index (κ1) is 15.0. The van der Waals surface area contributed by atoms with Gasteiger partial charge in [0.2, 0.25) is 0 Å². The quantitative estimate of drug-likeness (QED) is 0.844. The average Bonchev–Trinajstić information content (AvgIpc) is 2.69. The van der Waals surface area contributed by atoms with Crippen LogP contribution in [0.1, 0.15) is 29.2 Å². The zero-order chi connectivity index (χ0) is 15.5. The fourth-order valence-corrected chi connectivity index (χ4v) is 2.91. The lowest BCUT2D eigenvalue weighted by Crippen LogP contribution is -2.28. The Balaban J connectivity index is 2.08. The first-order valence-electron chi connectivity index (χ1n) is 8.04. The summed E-state index contributed by atoms with van der Waals surface area (Å²) in [6.45, 7) is 3.05. The molecule has 114 valence electrons. The van der Waals surface area contributed by atoms with Gasteiger partial charge in [0.1, 0.15) is 0 Å². The summed E-state index contributed by atoms with van der Waals surface area (Å²) in [6.07, 6.45) is 2.19. The standard InChI is InChI=1S/C20H24N2/c1-15(22(2)3)14-21-20-18-10-6-4-8-16(18)12-13-17-9-5-7-11-19(17)20/h4-11,15H,12-14H2,1-3H3. The van der Waals surface area contributed by atoms with Gasteiger partial charge in [0, 0.05) is 17.2 Å². The number of benzene rings is 2. The number of nitrogens with zero attached hydrogens (tertiary/aromatic N) is 2. The van der Waals surface area contributed by atoms with Gasteiger partial charge in [0.25, 0.3) is 0 Å². The summed E-state index contributed by atoms with van der Waals surface area (Å²) in [5, 5.41) is 0. The van der Waals surface area contributed by atoms with E-state index < -0.39 is 0 Å². The van der Waals surface area contributed by atoms with E-state index in [1.54, 1.807) is 0 Å². The van der Waals surface area contributed by atoms with Gasteiger partial charge in [-0.25, -0.2) is 0 Å². The number of aryl methyl sites for hydroxylation is 2. The highest BCUT2D eigenvalue weighted by atomic mass is 15.1. The van der Waals surface area contributed by atoms with Crippen molar-refractivity contribution in [1.29, 1.82) is 0 Å². The molecule has 2 heteroatoms. The molecule has 0 aromatic heterocycles. The molecule has 2 aromatic carbocycles. The Morgan fingerprint density at radius 1 is 0.909 bits per heavy atom. The van der Waals surface area contributed by atoms with Crippen molar-refractivity contribution in [3.8, 4) is 0 Å². The molecule has 0 N–H and O–H groups in total. The Kier molecular flexibility index (Phi) is 4.39. The molecule has 2 aromatic rings. The maximum atomic E-state index is 5.02. The molecule has 2 nitrogen and oxygen atoms in total. The van der Waals surface area contributed by atoms with Crippen molar-refractivity contribution in [3.63, 3.8) is 0 Å². The van der Waals surface area contributed by atoms with Gasteiger partial charge >= 0.3 is 0 Å². The lowest BCUT2D eigenvalue weighted by Gasteiger charge is -2.18. The number of fused-ring (bicyclic) bond motifs is 2. The largest absolute Gasteiger partial charge is 0.305 e. The van der Waals surface area contributed by atoms with Crippen molar-refractivity contribution in [2.24, 2.45) is 4.99 Å². The van der Waals surface area contributed by atoms with Crippen molar-refractivity contribution in [2.45, 2.75) is 25.8 Å². The van der Waals surface area contributed by atoms with E-state index in [4.69, 9.17) is 4.99 Å². The molecule has 0 heterocycles. The highest BCUT2D eigenvalue weighted by molar-refractivity contribution is 6.15. The average molecular weight is 292 g/mol. The molecule has 0 bridgehead atoms. The number of rotatable bonds is 3. The van der Waals surface area contributed by atoms with E-state index in [-0.39, 0.29) is 0 Å². The molecule has 1 unspecified atom stereocenters. The zero-order valence-electron chi connectivity index (χ0n) is 13.7. The van der Waals surface area contributed by atoms with Crippen LogP contribution in [-0.4, -0.2) is 37.3 Å². The summed E-state index contributed by atoms with van der Waals surface area (Å²) in [7, 11) is 4.22. The monoisotopic (exact) mass is 292 g/mol. The molecular weight excluding hydrogens is 268 g/mol. The van der Waals surface area contributed by atoms with Gasteiger partial charge in [-0.05, 0) is 45.0 Å². The second-order valence-electron chi connectivity index (χ2n) is 6.32. The molecule has 0 fully saturated rings. The van der Waals surface area contributed by atoms with Gasteiger partial charge in [-0.3, -0.25) is 4.99 Å². The maximum Gasteiger partial charge on any atom is 0.0725 e. The van der Waals surface area contributed by atoms with E-state index in [0.29, 0.717) is 6.04 Å². The van der Waals surface area contributed by atoms with E-state index in [9.17, 15) is 0 Å². The van der Waals surface area contributed by atoms with Crippen molar-refractivity contribution in [3.05, 3.63) is 70.8 Å². The molecule has 22 heavy (non-hydrogen) atoms. The van der Waals surface area contributed by atoms with Crippen LogP contribution in [0.4, 0.5) is 0 Å². The van der Waals surface area contributed by atoms with E-state index in [0.717, 1.165) is 25.1 Å². The summed E-state index contributed by atoms with van der Waals surface area (Å²) >= 11 is 0. The van der Waals surface area contributed by atoms with Gasteiger partial charge in [-0.15, -0.1) is 0 Å². The van der Waals surface area contributed by atoms with E-state index in [2.05, 4.69) is 74.4 Å². The SMILES string of the molecule is CC(CN=C1c2ccccc2CCc2ccccc21)N(C)C. The lowest BCUT2D eigenvalue weighted by molar-refractivity contribution is 0.321. The maximum absolute atomic E-state index is 5.02. The van der Waals surface area contributed by atoms with Gasteiger partial charge in [0.15, 0.2) is 0 Å². The molecule has 1 aliphatic rings. The van der Waals surface area contributed by atoms with E-state index in [1.807, 2.05) is 0 Å². The number of likely N-dealkylation sites (N-methyl/N-ethyl adjacent to an activating group) is 1. The Morgan fingerprint density at radius 2 is 1.41 bits per heavy atom. The molecule has 0 aliphatic heterocycles. The van der Waals surface area contributed by atoms with Crippen molar-refractivity contribution >= 4 is 5.71 Å². The zero-order valence-corrected chi connectivity index (χ0v) is 13.7. The highest BCUT2D eigenvalue weighted by Crippen LogP contribution is 2.25. The molecule has 3 rings (SSSR count). The van der Waals surface area contributed by atoms with Crippen LogP contribution in [0.2, 0.25) is 0 Å². The predicted molar refractivity (Wildman–Crippen MR) is 93.9 cm³/mol. The smallest absolute Gasteiger partial charge is 0.0725 e. The van der Waals surface area contributed by atoms with Gasteiger partial charge in [-0.1, -0.05) is 48.5 Å². The van der Waals surface area contributed by atoms with Crippen LogP contribution in [0, 0.1) is 0 Å². The Morgan fingerprint density at radius 3 is 1.91 bits per heavy atom. The van der Waals surface area contributed by atoms with Crippen molar-refractivity contribution < 1.29 is 0 Å². The van der Waals surface area contributed by atoms with Gasteiger partial charge < -0.3 is 4.90 Å². The lowest BCUT2D eigenvalue weighted by atomic mass is 9.98. The summed E-state index contributed by atoms with van der Waals surface area (Å²) in [5.41, 5.74) is 6.60. The van der Waals surface area contributed by atoms with Crippen LogP contribution in [-0.2, 0) is 12.8 Å². The molecule has 0 radical (unpaired) electrons. The summed E-state index contributed by atoms with van der Waals surface area (Å²) < 4.78 is 0. The highest BCUT2D eigenvalue weighted by Gasteiger charge is 2.18. The fraction of sp³-hybridized carbons (Fsp3) is 0.350. The first-order valence-corrected chi connectivity index (χ1v) is 8.04. The van der Waals surface area contributed by atoms with Gasteiger partial charge in [0.05, 0.1) is 12.3 Å². The Hall–Kier alpha value is -1.93. The van der Waals surface area contributed by atoms with E-state index >= 15 is 0 Å². The van der Waals surface area contributed by atoms with Crippen LogP contribution in [0.15, 0.2) is 53.5 Å². The fourth-order valence-electron chi connectivity index (χ4n) is 2.91. The third kappa shape index (κ3) is 2.97. The number of aliphatic imine (C=N–C) groups is 1. The second kappa shape index (κ2) is 6.45. The number of hydrogen-bond acceptors (Lipinski definition) is 2. The number of hydrogen-bond donors (Lipinski definition) is 0. The molecule has 0 saturated heterocycles. The molecule has 1 aliphatic carbocycles. The molecule has 0 amide bonds. The topological polar surface area (TPSA) is 15.6 Å². The van der Waals surface area contributed by atoms with E-state index in [1.165, 1.54) is 22.3 Å². The Bertz CT molecular complexity index is 636. The third-order valence-electron chi connectivity index (χ3n) is 4.60. The first-order chi connectivity index (χ1) is 10.7. The van der Waals surface area contributed by atoms with Crippen molar-refractivity contribution in [2.75, 3.05) is 20.6 Å². The summed E-state index contributed by atoms with van der Waals surface area (Å²) in [6, 6.07) is 17.9. The van der Waals surface area contributed by atoms with Crippen LogP contribution >= 0.6 is 0 Å². The molecule has 0 spiro atoms. The van der Waals surface area contributed by atoms with Crippen LogP contribution in [0.3, 0.4) is 0 Å². The minimum absolute atomic E-state index is 0.440. The Labute approximate surface area is 133 Å². The molecular formula is C20H24N2. The summed E-state index contributed by atoms with van der Waals surface area (Å²) in [4.78, 5) is 7.24. The minimum atomic E-state index is 0.440. The van der Waals surface area contributed by atoms with Crippen LogP contribution in [0.5, 0.6) is 0 Å². The predicted octanol–water partition coefficient (Wildman–Crippen LogP) is 3.57. The minimum Gasteiger partial charge on any atom is -0.305 e. The van der Waals surface area contributed by atoms with Gasteiger partial charge in [-0.2, -0.15) is 0 Å². The molecule has 0 saturated carbocycles.